The van der Waals surface area contributed by atoms with E-state index in [1.807, 2.05) is 0 Å². The van der Waals surface area contributed by atoms with Gasteiger partial charge in [0, 0.05) is 8.22 Å². The average molecular weight is 162 g/mol. The van der Waals surface area contributed by atoms with Crippen molar-refractivity contribution < 1.29 is 8.22 Å². The van der Waals surface area contributed by atoms with Gasteiger partial charge in [0.1, 0.15) is 0 Å². The van der Waals surface area contributed by atoms with Crippen LogP contribution in [0, 0.1) is 16.2 Å². The second-order valence-electron chi connectivity index (χ2n) is 5.00. The highest BCUT2D eigenvalue weighted by Crippen LogP contribution is 2.50. The van der Waals surface area contributed by atoms with Gasteiger partial charge in [-0.2, -0.15) is 0 Å². The number of rotatable bonds is 0. The summed E-state index contributed by atoms with van der Waals surface area (Å²) in [6.07, 6.45) is 0. The van der Waals surface area contributed by atoms with E-state index in [2.05, 4.69) is 0 Å². The van der Waals surface area contributed by atoms with Crippen molar-refractivity contribution >= 4 is 0 Å². The monoisotopic (exact) mass is 162 g/mol. The highest BCUT2D eigenvalue weighted by atomic mass is 14.5. The van der Waals surface area contributed by atoms with Crippen LogP contribution in [0.4, 0.5) is 0 Å². The molecule has 68 valence electrons. The summed E-state index contributed by atoms with van der Waals surface area (Å²) >= 11 is 0. The minimum absolute atomic E-state index is 0.643. The Labute approximate surface area is 80.8 Å². The van der Waals surface area contributed by atoms with Gasteiger partial charge in [-0.15, -0.1) is 0 Å². The van der Waals surface area contributed by atoms with Gasteiger partial charge in [-0.25, -0.2) is 0 Å². The van der Waals surface area contributed by atoms with Crippen molar-refractivity contribution in [2.45, 2.75) is 55.2 Å². The van der Waals surface area contributed by atoms with Crippen LogP contribution < -0.4 is 0 Å². The highest BCUT2D eigenvalue weighted by molar-refractivity contribution is 4.91. The molecule has 0 aliphatic heterocycles. The number of hydrogen-bond acceptors (Lipinski definition) is 0. The van der Waals surface area contributed by atoms with Crippen molar-refractivity contribution in [3.05, 3.63) is 0 Å². The van der Waals surface area contributed by atoms with Crippen molar-refractivity contribution in [2.24, 2.45) is 16.2 Å². The van der Waals surface area contributed by atoms with Crippen LogP contribution in [0.2, 0.25) is 0 Å². The summed E-state index contributed by atoms with van der Waals surface area (Å²) in [6, 6.07) is 0. The van der Waals surface area contributed by atoms with Gasteiger partial charge >= 0.3 is 0 Å². The molecule has 0 rings (SSSR count). The van der Waals surface area contributed by atoms with Crippen LogP contribution in [-0.4, -0.2) is 0 Å². The second kappa shape index (κ2) is 2.50. The lowest BCUT2D eigenvalue weighted by molar-refractivity contribution is 0.00575. The molecular formula is C11H24. The molecule has 11 heavy (non-hydrogen) atoms. The lowest BCUT2D eigenvalue weighted by atomic mass is 9.56. The molecule has 0 amide bonds. The summed E-state index contributed by atoms with van der Waals surface area (Å²) < 4.78 is 46.2. The summed E-state index contributed by atoms with van der Waals surface area (Å²) in [5, 5.41) is 0. The zero-order chi connectivity index (χ0) is 14.5. The van der Waals surface area contributed by atoms with Gasteiger partial charge in [-0.05, 0) is 16.2 Å². The van der Waals surface area contributed by atoms with E-state index in [0.29, 0.717) is 0 Å². The molecule has 0 saturated heterocycles. The Morgan fingerprint density at radius 1 is 0.727 bits per heavy atom. The van der Waals surface area contributed by atoms with Crippen molar-refractivity contribution in [3.63, 3.8) is 0 Å². The summed E-state index contributed by atoms with van der Waals surface area (Å²) in [5.41, 5.74) is -3.25. The molecular weight excluding hydrogens is 132 g/mol. The molecule has 0 spiro atoms. The maximum absolute atomic E-state index is 7.76. The van der Waals surface area contributed by atoms with Gasteiger partial charge in [0.15, 0.2) is 0 Å². The Bertz CT molecular complexity index is 262. The average Bonchev–Trinajstić information content (AvgIpc) is 1.95. The fraction of sp³-hybridized carbons (Fsp3) is 1.00. The Morgan fingerprint density at radius 2 is 1.18 bits per heavy atom. The van der Waals surface area contributed by atoms with Gasteiger partial charge in [-0.1, -0.05) is 55.2 Å². The van der Waals surface area contributed by atoms with Gasteiger partial charge in [0.05, 0.1) is 0 Å². The van der Waals surface area contributed by atoms with E-state index in [-0.39, 0.29) is 0 Å². The molecule has 0 aliphatic carbocycles. The van der Waals surface area contributed by atoms with Gasteiger partial charge in [0.25, 0.3) is 0 Å². The molecule has 1 atom stereocenters. The van der Waals surface area contributed by atoms with E-state index in [9.17, 15) is 0 Å². The Kier molecular flexibility index (Phi) is 0.977. The zero-order valence-electron chi connectivity index (χ0n) is 14.5. The standard InChI is InChI=1S/C11H24/c1-9(2,3)11(7,8)10(4,5)6/h1-8H3/i1D3,7D3. The lowest BCUT2D eigenvalue weighted by Gasteiger charge is -2.49. The predicted molar refractivity (Wildman–Crippen MR) is 52.7 cm³/mol. The predicted octanol–water partition coefficient (Wildman–Crippen LogP) is 4.10. The molecule has 0 bridgehead atoms. The molecule has 0 nitrogen and oxygen atoms in total. The van der Waals surface area contributed by atoms with Gasteiger partial charge in [0.2, 0.25) is 0 Å². The lowest BCUT2D eigenvalue weighted by Crippen LogP contribution is -2.41. The van der Waals surface area contributed by atoms with E-state index in [1.165, 1.54) is 13.8 Å². The molecule has 0 aromatic rings. The van der Waals surface area contributed by atoms with E-state index >= 15 is 0 Å². The first-order valence-electron chi connectivity index (χ1n) is 7.00. The van der Waals surface area contributed by atoms with Gasteiger partial charge < -0.3 is 0 Å². The third kappa shape index (κ3) is 1.98. The quantitative estimate of drug-likeness (QED) is 0.503. The van der Waals surface area contributed by atoms with Crippen molar-refractivity contribution in [2.75, 3.05) is 0 Å². The molecule has 0 N–H and O–H groups in total. The number of hydrogen-bond donors (Lipinski definition) is 0. The molecule has 0 aliphatic rings. The first-order valence-corrected chi connectivity index (χ1v) is 4.00. The smallest absolute Gasteiger partial charge is 0.0236 e. The summed E-state index contributed by atoms with van der Waals surface area (Å²) in [5.74, 6) is 0. The van der Waals surface area contributed by atoms with E-state index in [1.54, 1.807) is 27.7 Å². The minimum atomic E-state index is -2.33. The molecule has 0 aromatic carbocycles. The molecule has 0 heterocycles. The van der Waals surface area contributed by atoms with Crippen LogP contribution in [0.15, 0.2) is 0 Å². The summed E-state index contributed by atoms with van der Waals surface area (Å²) in [6.45, 7) is 5.32. The van der Waals surface area contributed by atoms with Crippen LogP contribution in [0.25, 0.3) is 0 Å². The topological polar surface area (TPSA) is 0 Å². The molecule has 1 unspecified atom stereocenters. The Morgan fingerprint density at radius 3 is 1.27 bits per heavy atom. The normalized spacial score (nSPS) is 30.0. The van der Waals surface area contributed by atoms with Crippen LogP contribution in [0.3, 0.4) is 0 Å². The first kappa shape index (κ1) is 4.30. The highest BCUT2D eigenvalue weighted by Gasteiger charge is 2.42. The van der Waals surface area contributed by atoms with E-state index in [4.69, 9.17) is 8.22 Å². The third-order valence-electron chi connectivity index (χ3n) is 2.75. The van der Waals surface area contributed by atoms with Gasteiger partial charge in [-0.3, -0.25) is 0 Å². The van der Waals surface area contributed by atoms with Crippen LogP contribution >= 0.6 is 0 Å². The Hall–Kier alpha value is 0. The van der Waals surface area contributed by atoms with Crippen LogP contribution in [0.5, 0.6) is 0 Å². The maximum Gasteiger partial charge on any atom is 0.0236 e. The second-order valence-corrected chi connectivity index (χ2v) is 5.00. The molecule has 0 saturated carbocycles. The minimum Gasteiger partial charge on any atom is -0.0596 e. The maximum atomic E-state index is 7.76. The summed E-state index contributed by atoms with van der Waals surface area (Å²) in [7, 11) is 0. The zero-order valence-corrected chi connectivity index (χ0v) is 8.50. The van der Waals surface area contributed by atoms with Crippen LogP contribution in [-0.2, 0) is 0 Å². The Balaban J connectivity index is 6.04. The first-order chi connectivity index (χ1) is 7.00. The fourth-order valence-electron chi connectivity index (χ4n) is 0.938. The van der Waals surface area contributed by atoms with Crippen molar-refractivity contribution in [1.82, 2.24) is 0 Å². The molecule has 0 aromatic heterocycles. The van der Waals surface area contributed by atoms with Crippen molar-refractivity contribution in [1.29, 1.82) is 0 Å². The largest absolute Gasteiger partial charge is 0.0596 e. The van der Waals surface area contributed by atoms with E-state index < -0.39 is 29.9 Å². The molecule has 0 fully saturated rings. The molecule has 0 heteroatoms. The molecule has 0 radical (unpaired) electrons. The van der Waals surface area contributed by atoms with E-state index in [0.717, 1.165) is 0 Å². The van der Waals surface area contributed by atoms with Crippen molar-refractivity contribution in [3.8, 4) is 0 Å². The van der Waals surface area contributed by atoms with Crippen LogP contribution in [0.1, 0.15) is 63.5 Å². The third-order valence-corrected chi connectivity index (χ3v) is 2.75. The summed E-state index contributed by atoms with van der Waals surface area (Å²) in [4.78, 5) is 0. The SMILES string of the molecule is [2H]C([2H])([2H])C(C)(C)C(C)(C([2H])([2H])[2H])C(C)(C)C. The fourth-order valence-corrected chi connectivity index (χ4v) is 0.938.